The minimum atomic E-state index is -1.41. The Balaban J connectivity index is 1.54. The first-order chi connectivity index (χ1) is 16.7. The van der Waals surface area contributed by atoms with Crippen LogP contribution in [0.1, 0.15) is 11.3 Å². The monoisotopic (exact) mass is 534 g/mol. The minimum Gasteiger partial charge on any atom is -0.477 e. The molecule has 4 N–H and O–H groups in total. The average molecular weight is 535 g/mol. The molecule has 2 amide bonds. The number of hydrogen-bond acceptors (Lipinski definition) is 12. The summed E-state index contributed by atoms with van der Waals surface area (Å²) in [7, 11) is 1.25. The van der Waals surface area contributed by atoms with Crippen molar-refractivity contribution < 1.29 is 29.1 Å². The van der Waals surface area contributed by atoms with Gasteiger partial charge in [0.2, 0.25) is 5.12 Å². The predicted molar refractivity (Wildman–Crippen MR) is 130 cm³/mol. The highest BCUT2D eigenvalue weighted by Gasteiger charge is 2.55. The van der Waals surface area contributed by atoms with Gasteiger partial charge in [-0.15, -0.1) is 23.1 Å². The quantitative estimate of drug-likeness (QED) is 0.198. The molecule has 0 aliphatic carbocycles. The van der Waals surface area contributed by atoms with Gasteiger partial charge in [0.15, 0.2) is 10.8 Å². The molecule has 35 heavy (non-hydrogen) atoms. The number of carbonyl (C=O) groups is 4. The largest absolute Gasteiger partial charge is 0.477 e. The number of oxime groups is 1. The number of thioether (sulfide) groups is 2. The first-order valence-corrected chi connectivity index (χ1v) is 12.7. The molecule has 0 bridgehead atoms. The van der Waals surface area contributed by atoms with E-state index in [4.69, 9.17) is 10.6 Å². The van der Waals surface area contributed by atoms with Gasteiger partial charge in [-0.05, 0) is 30.3 Å². The SMILES string of the molecule is CON=C(C(=O)NC1C(=O)N2C(C(=O)O)=C(C(=O)Sc3ncccc3C)CS[C@@H]12)c1csc(N)n1. The number of rotatable bonds is 7. The second-order valence-corrected chi connectivity index (χ2v) is 10.2. The lowest BCUT2D eigenvalue weighted by molar-refractivity contribution is -0.150. The van der Waals surface area contributed by atoms with Crippen LogP contribution in [-0.4, -0.2) is 72.9 Å². The zero-order valence-corrected chi connectivity index (χ0v) is 20.7. The summed E-state index contributed by atoms with van der Waals surface area (Å²) in [4.78, 5) is 64.6. The summed E-state index contributed by atoms with van der Waals surface area (Å²) in [6.45, 7) is 1.79. The van der Waals surface area contributed by atoms with Gasteiger partial charge in [0.25, 0.3) is 11.8 Å². The van der Waals surface area contributed by atoms with Crippen LogP contribution in [0.25, 0.3) is 0 Å². The van der Waals surface area contributed by atoms with Gasteiger partial charge in [0.1, 0.15) is 34.9 Å². The second-order valence-electron chi connectivity index (χ2n) is 7.20. The van der Waals surface area contributed by atoms with Gasteiger partial charge in [0.05, 0.1) is 0 Å². The fourth-order valence-electron chi connectivity index (χ4n) is 3.40. The summed E-state index contributed by atoms with van der Waals surface area (Å²) in [5.41, 5.74) is 5.98. The van der Waals surface area contributed by atoms with Gasteiger partial charge in [-0.2, -0.15) is 0 Å². The molecule has 0 saturated carbocycles. The number of nitrogens with one attached hydrogen (secondary N) is 1. The van der Waals surface area contributed by atoms with E-state index in [9.17, 15) is 24.3 Å². The van der Waals surface area contributed by atoms with Crippen molar-refractivity contribution >= 4 is 68.6 Å². The average Bonchev–Trinajstić information content (AvgIpc) is 3.26. The molecule has 2 atom stereocenters. The Bertz CT molecular complexity index is 1290. The lowest BCUT2D eigenvalue weighted by Crippen LogP contribution is -2.71. The summed E-state index contributed by atoms with van der Waals surface area (Å²) >= 11 is 3.09. The molecule has 4 heterocycles. The van der Waals surface area contributed by atoms with E-state index in [2.05, 4.69) is 20.4 Å². The fourth-order valence-corrected chi connectivity index (χ4v) is 6.19. The number of carbonyl (C=O) groups excluding carboxylic acids is 3. The molecule has 2 aliphatic heterocycles. The third kappa shape index (κ3) is 4.74. The number of hydrogen-bond donors (Lipinski definition) is 3. The van der Waals surface area contributed by atoms with E-state index >= 15 is 0 Å². The molecule has 15 heteroatoms. The predicted octanol–water partition coefficient (Wildman–Crippen LogP) is 0.837. The maximum absolute atomic E-state index is 12.9. The fraction of sp³-hybridized carbons (Fsp3) is 0.250. The Morgan fingerprint density at radius 3 is 2.80 bits per heavy atom. The van der Waals surface area contributed by atoms with Crippen molar-refractivity contribution in [1.82, 2.24) is 20.2 Å². The Hall–Kier alpha value is -3.43. The van der Waals surface area contributed by atoms with Gasteiger partial charge in [0, 0.05) is 22.9 Å². The molecule has 1 fully saturated rings. The highest BCUT2D eigenvalue weighted by molar-refractivity contribution is 8.14. The number of carboxylic acid groups (broad SMARTS) is 1. The number of nitrogens with two attached hydrogens (primary N) is 1. The van der Waals surface area contributed by atoms with Gasteiger partial charge in [-0.3, -0.25) is 19.3 Å². The van der Waals surface area contributed by atoms with E-state index in [-0.39, 0.29) is 27.9 Å². The summed E-state index contributed by atoms with van der Waals surface area (Å²) < 4.78 is 0. The van der Waals surface area contributed by atoms with Gasteiger partial charge >= 0.3 is 5.97 Å². The van der Waals surface area contributed by atoms with Crippen molar-refractivity contribution in [3.8, 4) is 0 Å². The topological polar surface area (TPSA) is 177 Å². The van der Waals surface area contributed by atoms with Crippen LogP contribution < -0.4 is 11.1 Å². The molecule has 2 aromatic rings. The first kappa shape index (κ1) is 24.7. The maximum Gasteiger partial charge on any atom is 0.353 e. The lowest BCUT2D eigenvalue weighted by Gasteiger charge is -2.49. The maximum atomic E-state index is 12.9. The van der Waals surface area contributed by atoms with Crippen LogP contribution in [0.3, 0.4) is 0 Å². The number of aromatic nitrogens is 2. The van der Waals surface area contributed by atoms with Crippen LogP contribution in [0.15, 0.2) is 45.2 Å². The van der Waals surface area contributed by atoms with E-state index in [1.807, 2.05) is 0 Å². The number of nitrogens with zero attached hydrogens (tertiary/aromatic N) is 4. The number of aliphatic carboxylic acids is 1. The van der Waals surface area contributed by atoms with E-state index < -0.39 is 40.0 Å². The van der Waals surface area contributed by atoms with Crippen LogP contribution in [0.4, 0.5) is 5.13 Å². The van der Waals surface area contributed by atoms with Gasteiger partial charge < -0.3 is 21.0 Å². The summed E-state index contributed by atoms with van der Waals surface area (Å²) in [6, 6.07) is 2.49. The molecule has 1 unspecified atom stereocenters. The molecule has 0 radical (unpaired) electrons. The molecular weight excluding hydrogens is 516 g/mol. The molecule has 2 aromatic heterocycles. The molecule has 12 nitrogen and oxygen atoms in total. The van der Waals surface area contributed by atoms with E-state index in [0.29, 0.717) is 5.03 Å². The zero-order valence-electron chi connectivity index (χ0n) is 18.3. The number of carboxylic acids is 1. The number of pyridine rings is 1. The van der Waals surface area contributed by atoms with Crippen molar-refractivity contribution in [3.63, 3.8) is 0 Å². The van der Waals surface area contributed by atoms with Crippen molar-refractivity contribution in [2.24, 2.45) is 5.16 Å². The molecule has 4 rings (SSSR count). The van der Waals surface area contributed by atoms with Crippen molar-refractivity contribution in [2.45, 2.75) is 23.4 Å². The van der Waals surface area contributed by atoms with Crippen LogP contribution in [0.5, 0.6) is 0 Å². The first-order valence-electron chi connectivity index (χ1n) is 9.91. The van der Waals surface area contributed by atoms with Crippen molar-refractivity contribution in [1.29, 1.82) is 0 Å². The van der Waals surface area contributed by atoms with E-state index in [1.54, 1.807) is 19.1 Å². The summed E-state index contributed by atoms with van der Waals surface area (Å²) in [5, 5.41) is 17.0. The highest BCUT2D eigenvalue weighted by atomic mass is 32.2. The molecule has 0 aromatic carbocycles. The van der Waals surface area contributed by atoms with Crippen molar-refractivity contribution in [2.75, 3.05) is 18.6 Å². The third-order valence-electron chi connectivity index (χ3n) is 5.02. The number of thiazole rings is 1. The van der Waals surface area contributed by atoms with Crippen LogP contribution >= 0.6 is 34.9 Å². The number of aryl methyl sites for hydroxylation is 1. The number of fused-ring (bicyclic) bond motifs is 1. The van der Waals surface area contributed by atoms with Crippen LogP contribution in [0.2, 0.25) is 0 Å². The molecule has 182 valence electrons. The number of nitrogen functional groups attached to an aromatic ring is 1. The number of amides is 2. The zero-order chi connectivity index (χ0) is 25.3. The number of anilines is 1. The van der Waals surface area contributed by atoms with Crippen LogP contribution in [-0.2, 0) is 24.0 Å². The van der Waals surface area contributed by atoms with Gasteiger partial charge in [-0.1, -0.05) is 11.2 Å². The Morgan fingerprint density at radius 2 is 2.17 bits per heavy atom. The van der Waals surface area contributed by atoms with Gasteiger partial charge in [-0.25, -0.2) is 14.8 Å². The van der Waals surface area contributed by atoms with E-state index in [1.165, 1.54) is 30.4 Å². The van der Waals surface area contributed by atoms with Crippen LogP contribution in [0, 0.1) is 6.92 Å². The smallest absolute Gasteiger partial charge is 0.353 e. The Kier molecular flexibility index (Phi) is 7.09. The Labute approximate surface area is 211 Å². The summed E-state index contributed by atoms with van der Waals surface area (Å²) in [5.74, 6) is -2.76. The molecular formula is C20H18N6O6S3. The second kappa shape index (κ2) is 10.1. The standard InChI is InChI=1S/C20H18N6O6S3/c1-8-4-3-5-22-15(8)35-19(31)9-6-33-17-12(16(28)26(17)13(9)18(29)30)24-14(27)11(25-32-2)10-7-34-20(21)23-10/h3-5,7,12,17H,6H2,1-2H3,(H2,21,23)(H,24,27)(H,29,30)/t12?,17-/m0/s1. The van der Waals surface area contributed by atoms with E-state index in [0.717, 1.165) is 33.6 Å². The normalized spacial score (nSPS) is 19.7. The third-order valence-corrected chi connectivity index (χ3v) is 8.02. The number of β-lactam (4-membered cyclic amide) rings is 1. The minimum absolute atomic E-state index is 0.00786. The molecule has 0 spiro atoms. The lowest BCUT2D eigenvalue weighted by atomic mass is 10.0. The molecule has 1 saturated heterocycles. The molecule has 2 aliphatic rings. The van der Waals surface area contributed by atoms with Crippen molar-refractivity contribution in [3.05, 3.63) is 46.2 Å². The highest BCUT2D eigenvalue weighted by Crippen LogP contribution is 2.42. The summed E-state index contributed by atoms with van der Waals surface area (Å²) in [6.07, 6.45) is 1.54. The Morgan fingerprint density at radius 1 is 1.40 bits per heavy atom.